The first-order valence-corrected chi connectivity index (χ1v) is 7.66. The van der Waals surface area contributed by atoms with E-state index in [0.29, 0.717) is 11.9 Å². The lowest BCUT2D eigenvalue weighted by molar-refractivity contribution is 0.399. The Morgan fingerprint density at radius 2 is 1.90 bits per heavy atom. The number of aromatic nitrogens is 2. The Morgan fingerprint density at radius 1 is 1.19 bits per heavy atom. The van der Waals surface area contributed by atoms with Crippen LogP contribution in [0.3, 0.4) is 0 Å². The van der Waals surface area contributed by atoms with Gasteiger partial charge in [-0.2, -0.15) is 5.10 Å². The second-order valence-electron chi connectivity index (χ2n) is 5.82. The summed E-state index contributed by atoms with van der Waals surface area (Å²) in [6.45, 7) is 4.16. The first-order valence-electron chi connectivity index (χ1n) is 6.78. The van der Waals surface area contributed by atoms with Crippen LogP contribution in [0.15, 0.2) is 46.6 Å². The SMILES string of the molecule is CC(C)(N)Cn1nc(-c2cccs2)c2ccccc2c1=O. The summed E-state index contributed by atoms with van der Waals surface area (Å²) in [7, 11) is 0. The Kier molecular flexibility index (Phi) is 3.39. The van der Waals surface area contributed by atoms with Gasteiger partial charge in [-0.05, 0) is 31.4 Å². The second kappa shape index (κ2) is 5.09. The van der Waals surface area contributed by atoms with Crippen LogP contribution < -0.4 is 11.3 Å². The minimum absolute atomic E-state index is 0.0931. The number of fused-ring (bicyclic) bond motifs is 1. The van der Waals surface area contributed by atoms with Crippen molar-refractivity contribution in [1.82, 2.24) is 9.78 Å². The third-order valence-electron chi connectivity index (χ3n) is 3.18. The number of hydrogen-bond acceptors (Lipinski definition) is 4. The zero-order valence-electron chi connectivity index (χ0n) is 12.0. The summed E-state index contributed by atoms with van der Waals surface area (Å²) in [5.74, 6) is 0. The molecule has 2 aromatic heterocycles. The van der Waals surface area contributed by atoms with E-state index in [0.717, 1.165) is 16.0 Å². The van der Waals surface area contributed by atoms with Gasteiger partial charge in [0.05, 0.1) is 16.8 Å². The number of hydrogen-bond donors (Lipinski definition) is 1. The average Bonchev–Trinajstić information content (AvgIpc) is 2.94. The van der Waals surface area contributed by atoms with Crippen molar-refractivity contribution in [1.29, 1.82) is 0 Å². The molecule has 0 radical (unpaired) electrons. The van der Waals surface area contributed by atoms with Crippen LogP contribution in [0.25, 0.3) is 21.3 Å². The predicted octanol–water partition coefficient (Wildman–Crippen LogP) is 2.86. The summed E-state index contributed by atoms with van der Waals surface area (Å²) < 4.78 is 1.48. The average molecular weight is 299 g/mol. The molecule has 5 heteroatoms. The highest BCUT2D eigenvalue weighted by molar-refractivity contribution is 7.13. The van der Waals surface area contributed by atoms with Crippen molar-refractivity contribution in [3.05, 3.63) is 52.1 Å². The molecule has 0 aliphatic heterocycles. The lowest BCUT2D eigenvalue weighted by atomic mass is 10.1. The first kappa shape index (κ1) is 14.0. The normalized spacial score (nSPS) is 12.0. The molecule has 0 fully saturated rings. The van der Waals surface area contributed by atoms with Gasteiger partial charge in [0, 0.05) is 10.9 Å². The van der Waals surface area contributed by atoms with Gasteiger partial charge in [-0.1, -0.05) is 24.3 Å². The molecule has 0 unspecified atom stereocenters. The lowest BCUT2D eigenvalue weighted by Crippen LogP contribution is -2.41. The molecule has 0 amide bonds. The molecule has 0 atom stereocenters. The van der Waals surface area contributed by atoms with Crippen LogP contribution in [0.1, 0.15) is 13.8 Å². The molecule has 0 saturated carbocycles. The molecule has 3 aromatic rings. The minimum Gasteiger partial charge on any atom is -0.324 e. The fourth-order valence-corrected chi connectivity index (χ4v) is 3.05. The van der Waals surface area contributed by atoms with E-state index in [4.69, 9.17) is 5.73 Å². The van der Waals surface area contributed by atoms with Crippen molar-refractivity contribution in [3.63, 3.8) is 0 Å². The second-order valence-corrected chi connectivity index (χ2v) is 6.77. The molecular formula is C16H17N3OS. The van der Waals surface area contributed by atoms with Gasteiger partial charge in [-0.15, -0.1) is 11.3 Å². The van der Waals surface area contributed by atoms with Crippen LogP contribution in [0.4, 0.5) is 0 Å². The Hall–Kier alpha value is -1.98. The van der Waals surface area contributed by atoms with E-state index in [9.17, 15) is 4.79 Å². The number of thiophene rings is 1. The standard InChI is InChI=1S/C16H17N3OS/c1-16(2,17)10-19-15(20)12-7-4-3-6-11(12)14(18-19)13-8-5-9-21-13/h3-9H,10,17H2,1-2H3. The molecule has 0 bridgehead atoms. The Morgan fingerprint density at radius 3 is 2.52 bits per heavy atom. The number of benzene rings is 1. The van der Waals surface area contributed by atoms with Gasteiger partial charge in [0.1, 0.15) is 5.69 Å². The van der Waals surface area contributed by atoms with Crippen molar-refractivity contribution in [2.24, 2.45) is 5.73 Å². The van der Waals surface area contributed by atoms with E-state index in [1.807, 2.05) is 55.6 Å². The highest BCUT2D eigenvalue weighted by Gasteiger charge is 2.17. The summed E-state index contributed by atoms with van der Waals surface area (Å²) in [6.07, 6.45) is 0. The Labute approximate surface area is 126 Å². The van der Waals surface area contributed by atoms with Gasteiger partial charge in [0.15, 0.2) is 0 Å². The summed E-state index contributed by atoms with van der Waals surface area (Å²) in [5, 5.41) is 8.14. The van der Waals surface area contributed by atoms with Gasteiger partial charge in [-0.3, -0.25) is 4.79 Å². The smallest absolute Gasteiger partial charge is 0.274 e. The number of nitrogens with two attached hydrogens (primary N) is 1. The monoisotopic (exact) mass is 299 g/mol. The zero-order valence-corrected chi connectivity index (χ0v) is 12.9. The third-order valence-corrected chi connectivity index (χ3v) is 4.06. The maximum atomic E-state index is 12.6. The first-order chi connectivity index (χ1) is 9.96. The van der Waals surface area contributed by atoms with Gasteiger partial charge >= 0.3 is 0 Å². The van der Waals surface area contributed by atoms with Crippen molar-refractivity contribution >= 4 is 22.1 Å². The highest BCUT2D eigenvalue weighted by Crippen LogP contribution is 2.28. The lowest BCUT2D eigenvalue weighted by Gasteiger charge is -2.20. The van der Waals surface area contributed by atoms with Gasteiger partial charge in [0.25, 0.3) is 5.56 Å². The van der Waals surface area contributed by atoms with Crippen molar-refractivity contribution in [3.8, 4) is 10.6 Å². The van der Waals surface area contributed by atoms with E-state index in [2.05, 4.69) is 5.10 Å². The predicted molar refractivity (Wildman–Crippen MR) is 87.6 cm³/mol. The molecule has 3 rings (SSSR count). The fourth-order valence-electron chi connectivity index (χ4n) is 2.32. The number of rotatable bonds is 3. The number of nitrogens with zero attached hydrogens (tertiary/aromatic N) is 2. The van der Waals surface area contributed by atoms with Crippen LogP contribution in [-0.2, 0) is 6.54 Å². The molecule has 0 aliphatic rings. The molecule has 0 saturated heterocycles. The van der Waals surface area contributed by atoms with Crippen molar-refractivity contribution in [2.45, 2.75) is 25.9 Å². The summed E-state index contributed by atoms with van der Waals surface area (Å²) in [6, 6.07) is 11.6. The molecule has 1 aromatic carbocycles. The summed E-state index contributed by atoms with van der Waals surface area (Å²) >= 11 is 1.61. The Balaban J connectivity index is 2.31. The molecule has 0 aliphatic carbocycles. The minimum atomic E-state index is -0.494. The van der Waals surface area contributed by atoms with Gasteiger partial charge < -0.3 is 5.73 Å². The molecule has 0 spiro atoms. The highest BCUT2D eigenvalue weighted by atomic mass is 32.1. The van der Waals surface area contributed by atoms with E-state index in [-0.39, 0.29) is 5.56 Å². The van der Waals surface area contributed by atoms with Gasteiger partial charge in [0.2, 0.25) is 0 Å². The van der Waals surface area contributed by atoms with E-state index >= 15 is 0 Å². The molecule has 108 valence electrons. The van der Waals surface area contributed by atoms with E-state index < -0.39 is 5.54 Å². The third kappa shape index (κ3) is 2.75. The molecule has 21 heavy (non-hydrogen) atoms. The topological polar surface area (TPSA) is 60.9 Å². The maximum absolute atomic E-state index is 12.6. The molecule has 2 heterocycles. The van der Waals surface area contributed by atoms with Crippen molar-refractivity contribution in [2.75, 3.05) is 0 Å². The summed E-state index contributed by atoms with van der Waals surface area (Å²) in [5.41, 5.74) is 6.30. The van der Waals surface area contributed by atoms with Gasteiger partial charge in [-0.25, -0.2) is 4.68 Å². The Bertz CT molecular complexity index is 829. The van der Waals surface area contributed by atoms with Crippen LogP contribution >= 0.6 is 11.3 Å². The fraction of sp³-hybridized carbons (Fsp3) is 0.250. The van der Waals surface area contributed by atoms with E-state index in [1.165, 1.54) is 4.68 Å². The zero-order chi connectivity index (χ0) is 15.0. The largest absolute Gasteiger partial charge is 0.324 e. The quantitative estimate of drug-likeness (QED) is 0.809. The van der Waals surface area contributed by atoms with Crippen LogP contribution in [0, 0.1) is 0 Å². The van der Waals surface area contributed by atoms with Crippen molar-refractivity contribution < 1.29 is 0 Å². The van der Waals surface area contributed by atoms with E-state index in [1.54, 1.807) is 11.3 Å². The van der Waals surface area contributed by atoms with Crippen LogP contribution in [0.5, 0.6) is 0 Å². The van der Waals surface area contributed by atoms with Crippen LogP contribution in [-0.4, -0.2) is 15.3 Å². The molecule has 2 N–H and O–H groups in total. The van der Waals surface area contributed by atoms with Crippen LogP contribution in [0.2, 0.25) is 0 Å². The summed E-state index contributed by atoms with van der Waals surface area (Å²) in [4.78, 5) is 13.6. The maximum Gasteiger partial charge on any atom is 0.274 e. The molecule has 4 nitrogen and oxygen atoms in total. The molecular weight excluding hydrogens is 282 g/mol.